The Labute approximate surface area is 116 Å². The highest BCUT2D eigenvalue weighted by molar-refractivity contribution is 5.91. The van der Waals surface area contributed by atoms with E-state index in [1.165, 1.54) is 0 Å². The lowest BCUT2D eigenvalue weighted by atomic mass is 9.90. The van der Waals surface area contributed by atoms with Crippen molar-refractivity contribution < 1.29 is 22.7 Å². The Hall–Kier alpha value is -1.59. The Morgan fingerprint density at radius 3 is 2.20 bits per heavy atom. The van der Waals surface area contributed by atoms with E-state index in [0.29, 0.717) is 0 Å². The Bertz CT molecular complexity index is 502. The van der Waals surface area contributed by atoms with Crippen LogP contribution in [0.25, 0.3) is 0 Å². The molecule has 0 saturated heterocycles. The maximum atomic E-state index is 13.1. The van der Waals surface area contributed by atoms with E-state index in [0.717, 1.165) is 12.3 Å². The summed E-state index contributed by atoms with van der Waals surface area (Å²) in [5, 5.41) is 0. The number of aromatic nitrogens is 1. The van der Waals surface area contributed by atoms with Crippen molar-refractivity contribution >= 4 is 5.97 Å². The average Bonchev–Trinajstić information content (AvgIpc) is 2.24. The fraction of sp³-hybridized carbons (Fsp3) is 0.571. The van der Waals surface area contributed by atoms with Crippen LogP contribution in [0.15, 0.2) is 12.3 Å². The molecule has 0 aliphatic rings. The molecule has 0 aliphatic heterocycles. The Morgan fingerprint density at radius 2 is 1.80 bits per heavy atom. The number of ether oxygens (including phenoxy) is 1. The number of nitrogens with zero attached hydrogens (tertiary/aromatic N) is 1. The summed E-state index contributed by atoms with van der Waals surface area (Å²) in [6.45, 7) is 8.40. The van der Waals surface area contributed by atoms with E-state index in [1.807, 2.05) is 0 Å². The van der Waals surface area contributed by atoms with Crippen LogP contribution in [0.4, 0.5) is 13.2 Å². The summed E-state index contributed by atoms with van der Waals surface area (Å²) in [7, 11) is 0. The second-order valence-corrected chi connectivity index (χ2v) is 5.82. The standard InChI is InChI=1S/C14H18F3NO2/c1-8(2)20-12(19)9-7-18-11(13(3,4)5)6-10(9)14(15,16)17/h6-8H,1-5H3. The van der Waals surface area contributed by atoms with E-state index in [2.05, 4.69) is 4.98 Å². The zero-order chi connectivity index (χ0) is 15.7. The summed E-state index contributed by atoms with van der Waals surface area (Å²) in [6.07, 6.45) is -4.19. The first-order valence-electron chi connectivity index (χ1n) is 6.21. The van der Waals surface area contributed by atoms with Gasteiger partial charge in [0.25, 0.3) is 0 Å². The van der Waals surface area contributed by atoms with Gasteiger partial charge in [-0.1, -0.05) is 20.8 Å². The monoisotopic (exact) mass is 289 g/mol. The molecule has 0 atom stereocenters. The van der Waals surface area contributed by atoms with Gasteiger partial charge in [0.2, 0.25) is 0 Å². The summed E-state index contributed by atoms with van der Waals surface area (Å²) in [5.74, 6) is -1.01. The molecule has 0 N–H and O–H groups in total. The third-order valence-electron chi connectivity index (χ3n) is 2.54. The van der Waals surface area contributed by atoms with Gasteiger partial charge in [0.05, 0.1) is 17.2 Å². The Kier molecular flexibility index (Phi) is 4.46. The first-order chi connectivity index (χ1) is 8.93. The molecule has 0 unspecified atom stereocenters. The van der Waals surface area contributed by atoms with Crippen LogP contribution in [0.3, 0.4) is 0 Å². The summed E-state index contributed by atoms with van der Waals surface area (Å²) in [6, 6.07) is 0.914. The highest BCUT2D eigenvalue weighted by Crippen LogP contribution is 2.34. The molecule has 0 aromatic carbocycles. The van der Waals surface area contributed by atoms with Gasteiger partial charge in [0, 0.05) is 17.3 Å². The number of pyridine rings is 1. The molecule has 0 bridgehead atoms. The van der Waals surface area contributed by atoms with Crippen molar-refractivity contribution in [1.29, 1.82) is 0 Å². The maximum absolute atomic E-state index is 13.1. The van der Waals surface area contributed by atoms with Crippen LogP contribution >= 0.6 is 0 Å². The van der Waals surface area contributed by atoms with Crippen LogP contribution in [0.1, 0.15) is 56.2 Å². The van der Waals surface area contributed by atoms with Crippen LogP contribution < -0.4 is 0 Å². The quantitative estimate of drug-likeness (QED) is 0.773. The summed E-state index contributed by atoms with van der Waals surface area (Å²) in [4.78, 5) is 15.7. The lowest BCUT2D eigenvalue weighted by molar-refractivity contribution is -0.138. The van der Waals surface area contributed by atoms with Gasteiger partial charge in [-0.25, -0.2) is 4.79 Å². The zero-order valence-electron chi connectivity index (χ0n) is 12.1. The number of hydrogen-bond donors (Lipinski definition) is 0. The zero-order valence-corrected chi connectivity index (χ0v) is 12.1. The highest BCUT2D eigenvalue weighted by Gasteiger charge is 2.37. The van der Waals surface area contributed by atoms with Gasteiger partial charge in [-0.05, 0) is 19.9 Å². The third-order valence-corrected chi connectivity index (χ3v) is 2.54. The molecule has 0 amide bonds. The number of alkyl halides is 3. The molecule has 6 heteroatoms. The largest absolute Gasteiger partial charge is 0.459 e. The van der Waals surface area contributed by atoms with Crippen molar-refractivity contribution in [2.24, 2.45) is 0 Å². The van der Waals surface area contributed by atoms with Crippen molar-refractivity contribution in [2.75, 3.05) is 0 Å². The molecule has 0 aliphatic carbocycles. The fourth-order valence-corrected chi connectivity index (χ4v) is 1.54. The van der Waals surface area contributed by atoms with E-state index in [-0.39, 0.29) is 5.69 Å². The van der Waals surface area contributed by atoms with Crippen LogP contribution in [0, 0.1) is 0 Å². The average molecular weight is 289 g/mol. The topological polar surface area (TPSA) is 39.2 Å². The van der Waals surface area contributed by atoms with Gasteiger partial charge < -0.3 is 4.74 Å². The third kappa shape index (κ3) is 3.95. The lowest BCUT2D eigenvalue weighted by Gasteiger charge is -2.21. The maximum Gasteiger partial charge on any atom is 0.417 e. The Morgan fingerprint density at radius 1 is 1.25 bits per heavy atom. The molecular weight excluding hydrogens is 271 g/mol. The van der Waals surface area contributed by atoms with Gasteiger partial charge in [-0.2, -0.15) is 13.2 Å². The van der Waals surface area contributed by atoms with E-state index in [1.54, 1.807) is 34.6 Å². The molecule has 1 aromatic heterocycles. The molecule has 0 saturated carbocycles. The van der Waals surface area contributed by atoms with E-state index < -0.39 is 34.8 Å². The van der Waals surface area contributed by atoms with Gasteiger partial charge in [0.15, 0.2) is 0 Å². The fourth-order valence-electron chi connectivity index (χ4n) is 1.54. The Balaban J connectivity index is 3.36. The van der Waals surface area contributed by atoms with Gasteiger partial charge in [0.1, 0.15) is 0 Å². The van der Waals surface area contributed by atoms with Crippen molar-refractivity contribution in [1.82, 2.24) is 4.98 Å². The predicted octanol–water partition coefficient (Wildman–Crippen LogP) is 3.96. The van der Waals surface area contributed by atoms with Gasteiger partial charge in [-0.3, -0.25) is 4.98 Å². The van der Waals surface area contributed by atoms with Gasteiger partial charge >= 0.3 is 12.1 Å². The predicted molar refractivity (Wildman–Crippen MR) is 68.5 cm³/mol. The van der Waals surface area contributed by atoms with E-state index in [4.69, 9.17) is 4.74 Å². The number of halogens is 3. The lowest BCUT2D eigenvalue weighted by Crippen LogP contribution is -2.21. The molecule has 0 spiro atoms. The summed E-state index contributed by atoms with van der Waals surface area (Å²) in [5.41, 5.74) is -1.84. The van der Waals surface area contributed by atoms with E-state index in [9.17, 15) is 18.0 Å². The first-order valence-corrected chi connectivity index (χ1v) is 6.21. The normalized spacial score (nSPS) is 12.7. The van der Waals surface area contributed by atoms with Gasteiger partial charge in [-0.15, -0.1) is 0 Å². The van der Waals surface area contributed by atoms with Crippen molar-refractivity contribution in [3.05, 3.63) is 29.1 Å². The van der Waals surface area contributed by atoms with Crippen LogP contribution in [-0.2, 0) is 16.3 Å². The minimum absolute atomic E-state index is 0.269. The SMILES string of the molecule is CC(C)OC(=O)c1cnc(C(C)(C)C)cc1C(F)(F)F. The first kappa shape index (κ1) is 16.5. The number of carbonyl (C=O) groups excluding carboxylic acids is 1. The van der Waals surface area contributed by atoms with E-state index >= 15 is 0 Å². The molecule has 1 rings (SSSR count). The highest BCUT2D eigenvalue weighted by atomic mass is 19.4. The van der Waals surface area contributed by atoms with Crippen LogP contribution in [0.5, 0.6) is 0 Å². The number of carbonyl (C=O) groups is 1. The summed E-state index contributed by atoms with van der Waals surface area (Å²) < 4.78 is 44.1. The molecule has 0 radical (unpaired) electrons. The molecule has 112 valence electrons. The van der Waals surface area contributed by atoms with Crippen LogP contribution in [0.2, 0.25) is 0 Å². The van der Waals surface area contributed by atoms with Crippen molar-refractivity contribution in [2.45, 2.75) is 52.3 Å². The molecule has 1 aromatic rings. The van der Waals surface area contributed by atoms with Crippen molar-refractivity contribution in [3.8, 4) is 0 Å². The van der Waals surface area contributed by atoms with Crippen molar-refractivity contribution in [3.63, 3.8) is 0 Å². The number of esters is 1. The van der Waals surface area contributed by atoms with Crippen LogP contribution in [-0.4, -0.2) is 17.1 Å². The molecule has 0 fully saturated rings. The molecule has 1 heterocycles. The number of rotatable bonds is 2. The second kappa shape index (κ2) is 5.42. The second-order valence-electron chi connectivity index (χ2n) is 5.82. The minimum Gasteiger partial charge on any atom is -0.459 e. The number of hydrogen-bond acceptors (Lipinski definition) is 3. The smallest absolute Gasteiger partial charge is 0.417 e. The molecular formula is C14H18F3NO2. The summed E-state index contributed by atoms with van der Waals surface area (Å²) >= 11 is 0. The molecule has 3 nitrogen and oxygen atoms in total. The minimum atomic E-state index is -4.63. The molecule has 20 heavy (non-hydrogen) atoms.